The maximum absolute atomic E-state index is 11.3. The van der Waals surface area contributed by atoms with E-state index >= 15 is 0 Å². The SMILES string of the molecule is O=C(CCCl)c1cc(Cl)ccc1O. The van der Waals surface area contributed by atoms with Gasteiger partial charge in [-0.05, 0) is 18.2 Å². The number of hydrogen-bond donors (Lipinski definition) is 1. The van der Waals surface area contributed by atoms with Crippen molar-refractivity contribution in [1.82, 2.24) is 0 Å². The van der Waals surface area contributed by atoms with Gasteiger partial charge in [-0.3, -0.25) is 4.79 Å². The van der Waals surface area contributed by atoms with Gasteiger partial charge in [0.05, 0.1) is 5.56 Å². The first-order valence-corrected chi connectivity index (χ1v) is 4.64. The summed E-state index contributed by atoms with van der Waals surface area (Å²) in [6.07, 6.45) is 0.204. The molecule has 1 N–H and O–H groups in total. The number of hydrogen-bond acceptors (Lipinski definition) is 2. The molecule has 0 aliphatic heterocycles. The molecule has 0 saturated heterocycles. The Morgan fingerprint density at radius 2 is 2.15 bits per heavy atom. The summed E-state index contributed by atoms with van der Waals surface area (Å²) in [5.74, 6) is -0.0142. The van der Waals surface area contributed by atoms with Gasteiger partial charge in [-0.1, -0.05) is 11.6 Å². The van der Waals surface area contributed by atoms with E-state index in [9.17, 15) is 9.90 Å². The number of phenolic OH excluding ortho intramolecular Hbond substituents is 1. The molecule has 0 fully saturated rings. The lowest BCUT2D eigenvalue weighted by atomic mass is 10.1. The number of carbonyl (C=O) groups is 1. The van der Waals surface area contributed by atoms with Crippen LogP contribution in [0.3, 0.4) is 0 Å². The van der Waals surface area contributed by atoms with Crippen LogP contribution in [0.25, 0.3) is 0 Å². The number of benzene rings is 1. The van der Waals surface area contributed by atoms with Crippen molar-refractivity contribution in [3.05, 3.63) is 28.8 Å². The summed E-state index contributed by atoms with van der Waals surface area (Å²) >= 11 is 11.1. The number of rotatable bonds is 3. The van der Waals surface area contributed by atoms with Crippen molar-refractivity contribution < 1.29 is 9.90 Å². The molecular weight excluding hydrogens is 211 g/mol. The molecule has 0 bridgehead atoms. The van der Waals surface area contributed by atoms with Crippen LogP contribution < -0.4 is 0 Å². The molecule has 1 rings (SSSR count). The highest BCUT2D eigenvalue weighted by atomic mass is 35.5. The summed E-state index contributed by atoms with van der Waals surface area (Å²) in [6.45, 7) is 0. The molecule has 0 aromatic heterocycles. The molecule has 2 nitrogen and oxygen atoms in total. The molecule has 70 valence electrons. The smallest absolute Gasteiger partial charge is 0.167 e. The molecule has 1 aromatic carbocycles. The first-order chi connectivity index (χ1) is 6.15. The van der Waals surface area contributed by atoms with Crippen LogP contribution in [0.4, 0.5) is 0 Å². The lowest BCUT2D eigenvalue weighted by Crippen LogP contribution is -1.99. The Hall–Kier alpha value is -0.730. The maximum Gasteiger partial charge on any atom is 0.167 e. The van der Waals surface area contributed by atoms with Gasteiger partial charge in [0, 0.05) is 17.3 Å². The summed E-state index contributed by atoms with van der Waals surface area (Å²) in [4.78, 5) is 11.3. The van der Waals surface area contributed by atoms with Crippen molar-refractivity contribution >= 4 is 29.0 Å². The van der Waals surface area contributed by atoms with Gasteiger partial charge in [0.15, 0.2) is 5.78 Å². The van der Waals surface area contributed by atoms with Crippen LogP contribution in [0.5, 0.6) is 5.75 Å². The van der Waals surface area contributed by atoms with Gasteiger partial charge in [-0.25, -0.2) is 0 Å². The topological polar surface area (TPSA) is 37.3 Å². The molecule has 0 spiro atoms. The third-order valence-corrected chi connectivity index (χ3v) is 2.00. The number of ketones is 1. The number of carbonyl (C=O) groups excluding carboxylic acids is 1. The molecule has 0 unspecified atom stereocenters. The molecule has 0 aliphatic carbocycles. The largest absolute Gasteiger partial charge is 0.507 e. The van der Waals surface area contributed by atoms with E-state index in [1.54, 1.807) is 0 Å². The molecule has 0 amide bonds. The van der Waals surface area contributed by atoms with E-state index in [1.165, 1.54) is 18.2 Å². The van der Waals surface area contributed by atoms with Gasteiger partial charge in [-0.2, -0.15) is 0 Å². The van der Waals surface area contributed by atoms with Crippen molar-refractivity contribution in [3.8, 4) is 5.75 Å². The summed E-state index contributed by atoms with van der Waals surface area (Å²) in [5, 5.41) is 9.74. The number of Topliss-reactive ketones (excluding diaryl/α,β-unsaturated/α-hetero) is 1. The first kappa shape index (κ1) is 10.4. The first-order valence-electron chi connectivity index (χ1n) is 3.73. The fourth-order valence-corrected chi connectivity index (χ4v) is 1.30. The fourth-order valence-electron chi connectivity index (χ4n) is 0.952. The van der Waals surface area contributed by atoms with Crippen LogP contribution >= 0.6 is 23.2 Å². The van der Waals surface area contributed by atoms with Crippen LogP contribution in [-0.2, 0) is 0 Å². The van der Waals surface area contributed by atoms with Gasteiger partial charge in [0.2, 0.25) is 0 Å². The second kappa shape index (κ2) is 4.49. The summed E-state index contributed by atoms with van der Waals surface area (Å²) in [5.41, 5.74) is 0.230. The molecular formula is C9H8Cl2O2. The normalized spacial score (nSPS) is 10.0. The minimum Gasteiger partial charge on any atom is -0.507 e. The molecule has 0 radical (unpaired) electrons. The number of phenols is 1. The predicted molar refractivity (Wildman–Crippen MR) is 52.8 cm³/mol. The molecule has 0 aliphatic rings. The molecule has 1 aromatic rings. The highest BCUT2D eigenvalue weighted by Gasteiger charge is 2.10. The Balaban J connectivity index is 2.99. The zero-order chi connectivity index (χ0) is 9.84. The monoisotopic (exact) mass is 218 g/mol. The quantitative estimate of drug-likeness (QED) is 0.626. The average Bonchev–Trinajstić information content (AvgIpc) is 2.09. The Morgan fingerprint density at radius 1 is 1.46 bits per heavy atom. The third-order valence-electron chi connectivity index (χ3n) is 1.58. The summed E-state index contributed by atoms with van der Waals surface area (Å²) < 4.78 is 0. The van der Waals surface area contributed by atoms with E-state index in [0.717, 1.165) is 0 Å². The van der Waals surface area contributed by atoms with Crippen molar-refractivity contribution in [2.24, 2.45) is 0 Å². The van der Waals surface area contributed by atoms with E-state index in [1.807, 2.05) is 0 Å². The van der Waals surface area contributed by atoms with Crippen LogP contribution in [-0.4, -0.2) is 16.8 Å². The van der Waals surface area contributed by atoms with E-state index in [-0.39, 0.29) is 29.4 Å². The third kappa shape index (κ3) is 2.61. The highest BCUT2D eigenvalue weighted by molar-refractivity contribution is 6.31. The zero-order valence-electron chi connectivity index (χ0n) is 6.76. The molecule has 4 heteroatoms. The van der Waals surface area contributed by atoms with E-state index in [2.05, 4.69) is 0 Å². The minimum atomic E-state index is -0.199. The maximum atomic E-state index is 11.3. The molecule has 0 saturated carbocycles. The lowest BCUT2D eigenvalue weighted by Gasteiger charge is -2.02. The van der Waals surface area contributed by atoms with Crippen molar-refractivity contribution in [1.29, 1.82) is 0 Å². The van der Waals surface area contributed by atoms with Crippen molar-refractivity contribution in [2.45, 2.75) is 6.42 Å². The Bertz CT molecular complexity index is 323. The molecule has 0 heterocycles. The number of aromatic hydroxyl groups is 1. The van der Waals surface area contributed by atoms with Gasteiger partial charge >= 0.3 is 0 Å². The van der Waals surface area contributed by atoms with Crippen molar-refractivity contribution in [2.75, 3.05) is 5.88 Å². The second-order valence-electron chi connectivity index (χ2n) is 2.52. The Labute approximate surface area is 86.1 Å². The highest BCUT2D eigenvalue weighted by Crippen LogP contribution is 2.22. The van der Waals surface area contributed by atoms with Crippen LogP contribution in [0, 0.1) is 0 Å². The minimum absolute atomic E-state index is 0.0560. The number of alkyl halides is 1. The van der Waals surface area contributed by atoms with Gasteiger partial charge < -0.3 is 5.11 Å². The van der Waals surface area contributed by atoms with Gasteiger partial charge in [0.25, 0.3) is 0 Å². The summed E-state index contributed by atoms with van der Waals surface area (Å²) in [7, 11) is 0. The van der Waals surface area contributed by atoms with Gasteiger partial charge in [-0.15, -0.1) is 11.6 Å². The molecule has 0 atom stereocenters. The standard InChI is InChI=1S/C9H8Cl2O2/c10-4-3-9(13)7-5-6(11)1-2-8(7)12/h1-2,5,12H,3-4H2. The number of halogens is 2. The van der Waals surface area contributed by atoms with E-state index in [4.69, 9.17) is 23.2 Å². The summed E-state index contributed by atoms with van der Waals surface area (Å²) in [6, 6.07) is 4.35. The van der Waals surface area contributed by atoms with Crippen LogP contribution in [0.2, 0.25) is 5.02 Å². The second-order valence-corrected chi connectivity index (χ2v) is 3.34. The van der Waals surface area contributed by atoms with Crippen molar-refractivity contribution in [3.63, 3.8) is 0 Å². The van der Waals surface area contributed by atoms with Crippen LogP contribution in [0.1, 0.15) is 16.8 Å². The van der Waals surface area contributed by atoms with Gasteiger partial charge in [0.1, 0.15) is 5.75 Å². The molecule has 13 heavy (non-hydrogen) atoms. The van der Waals surface area contributed by atoms with E-state index < -0.39 is 0 Å². The Morgan fingerprint density at radius 3 is 2.77 bits per heavy atom. The Kier molecular flexibility index (Phi) is 3.58. The fraction of sp³-hybridized carbons (Fsp3) is 0.222. The predicted octanol–water partition coefficient (Wildman–Crippen LogP) is 2.86. The van der Waals surface area contributed by atoms with Crippen LogP contribution in [0.15, 0.2) is 18.2 Å². The van der Waals surface area contributed by atoms with E-state index in [0.29, 0.717) is 5.02 Å². The lowest BCUT2D eigenvalue weighted by molar-refractivity contribution is 0.0986. The zero-order valence-corrected chi connectivity index (χ0v) is 8.27. The average molecular weight is 219 g/mol.